The second-order valence-corrected chi connectivity index (χ2v) is 4.07. The Morgan fingerprint density at radius 3 is 2.74 bits per heavy atom. The highest BCUT2D eigenvalue weighted by molar-refractivity contribution is 5.93. The van der Waals surface area contributed by atoms with Gasteiger partial charge in [-0.1, -0.05) is 5.16 Å². The van der Waals surface area contributed by atoms with Gasteiger partial charge in [0.05, 0.1) is 18.4 Å². The Hall–Kier alpha value is -2.37. The van der Waals surface area contributed by atoms with E-state index in [1.54, 1.807) is 12.1 Å². The van der Waals surface area contributed by atoms with E-state index in [0.29, 0.717) is 23.7 Å². The van der Waals surface area contributed by atoms with Crippen molar-refractivity contribution in [1.82, 2.24) is 15.5 Å². The Kier molecular flexibility index (Phi) is 3.79. The minimum absolute atomic E-state index is 0.199. The molecule has 0 aliphatic carbocycles. The topological polar surface area (TPSA) is 77.2 Å². The van der Waals surface area contributed by atoms with Crippen LogP contribution in [-0.4, -0.2) is 23.2 Å². The number of methoxy groups -OCH3 is 1. The van der Waals surface area contributed by atoms with Gasteiger partial charge in [0.2, 0.25) is 5.88 Å². The lowest BCUT2D eigenvalue weighted by Gasteiger charge is -2.05. The molecule has 2 aromatic rings. The van der Waals surface area contributed by atoms with Crippen LogP contribution in [-0.2, 0) is 6.54 Å². The molecular weight excluding hydrogens is 246 g/mol. The molecule has 2 heterocycles. The number of amides is 1. The third-order valence-electron chi connectivity index (χ3n) is 2.81. The molecule has 0 aliphatic heterocycles. The number of hydrogen-bond acceptors (Lipinski definition) is 5. The predicted molar refractivity (Wildman–Crippen MR) is 67.9 cm³/mol. The Morgan fingerprint density at radius 2 is 2.21 bits per heavy atom. The first-order valence-electron chi connectivity index (χ1n) is 5.82. The zero-order valence-corrected chi connectivity index (χ0v) is 11.1. The molecule has 19 heavy (non-hydrogen) atoms. The molecule has 1 amide bonds. The number of aryl methyl sites for hydroxylation is 2. The van der Waals surface area contributed by atoms with E-state index >= 15 is 0 Å². The van der Waals surface area contributed by atoms with Crippen molar-refractivity contribution in [2.75, 3.05) is 7.11 Å². The number of aromatic nitrogens is 2. The van der Waals surface area contributed by atoms with Gasteiger partial charge in [0.15, 0.2) is 0 Å². The van der Waals surface area contributed by atoms with E-state index in [0.717, 1.165) is 11.3 Å². The van der Waals surface area contributed by atoms with E-state index in [1.165, 1.54) is 13.3 Å². The third-order valence-corrected chi connectivity index (χ3v) is 2.81. The molecule has 100 valence electrons. The smallest absolute Gasteiger partial charge is 0.253 e. The number of nitrogens with zero attached hydrogens (tertiary/aromatic N) is 2. The molecule has 0 saturated carbocycles. The molecule has 0 aromatic carbocycles. The average Bonchev–Trinajstić information content (AvgIpc) is 2.75. The fourth-order valence-corrected chi connectivity index (χ4v) is 1.66. The van der Waals surface area contributed by atoms with Crippen LogP contribution in [0.25, 0.3) is 0 Å². The highest BCUT2D eigenvalue weighted by atomic mass is 16.5. The van der Waals surface area contributed by atoms with Crippen molar-refractivity contribution < 1.29 is 14.1 Å². The van der Waals surface area contributed by atoms with Crippen molar-refractivity contribution in [2.45, 2.75) is 20.4 Å². The summed E-state index contributed by atoms with van der Waals surface area (Å²) in [4.78, 5) is 15.9. The molecule has 0 aliphatic rings. The first-order valence-corrected chi connectivity index (χ1v) is 5.82. The molecule has 0 unspecified atom stereocenters. The van der Waals surface area contributed by atoms with Crippen molar-refractivity contribution >= 4 is 5.91 Å². The van der Waals surface area contributed by atoms with Crippen molar-refractivity contribution in [3.05, 3.63) is 40.9 Å². The molecule has 0 bridgehead atoms. The summed E-state index contributed by atoms with van der Waals surface area (Å²) >= 11 is 0. The van der Waals surface area contributed by atoms with Crippen molar-refractivity contribution in [2.24, 2.45) is 0 Å². The number of carbonyl (C=O) groups is 1. The van der Waals surface area contributed by atoms with Gasteiger partial charge in [-0.3, -0.25) is 4.79 Å². The molecule has 6 heteroatoms. The molecule has 0 atom stereocenters. The van der Waals surface area contributed by atoms with Gasteiger partial charge in [0.1, 0.15) is 5.76 Å². The van der Waals surface area contributed by atoms with Crippen LogP contribution in [0.2, 0.25) is 0 Å². The predicted octanol–water partition coefficient (Wildman–Crippen LogP) is 1.63. The summed E-state index contributed by atoms with van der Waals surface area (Å²) < 4.78 is 9.97. The van der Waals surface area contributed by atoms with Gasteiger partial charge in [0.25, 0.3) is 5.91 Å². The Balaban J connectivity index is 2.01. The maximum atomic E-state index is 11.9. The molecule has 2 aromatic heterocycles. The van der Waals surface area contributed by atoms with Crippen LogP contribution < -0.4 is 10.1 Å². The lowest BCUT2D eigenvalue weighted by Crippen LogP contribution is -2.23. The van der Waals surface area contributed by atoms with Crippen LogP contribution in [0.15, 0.2) is 22.9 Å². The van der Waals surface area contributed by atoms with E-state index in [9.17, 15) is 4.79 Å². The Labute approximate surface area is 110 Å². The number of nitrogens with one attached hydrogen (secondary N) is 1. The number of ether oxygens (including phenoxy) is 1. The minimum Gasteiger partial charge on any atom is -0.481 e. The highest BCUT2D eigenvalue weighted by Gasteiger charge is 2.11. The van der Waals surface area contributed by atoms with Crippen LogP contribution in [0.4, 0.5) is 0 Å². The van der Waals surface area contributed by atoms with Gasteiger partial charge < -0.3 is 14.6 Å². The summed E-state index contributed by atoms with van der Waals surface area (Å²) in [6, 6.07) is 3.30. The molecule has 0 fully saturated rings. The Bertz CT molecular complexity index is 556. The van der Waals surface area contributed by atoms with E-state index in [1.807, 2.05) is 13.8 Å². The fraction of sp³-hybridized carbons (Fsp3) is 0.308. The summed E-state index contributed by atoms with van der Waals surface area (Å²) in [5.41, 5.74) is 2.16. The first kappa shape index (κ1) is 13.1. The minimum atomic E-state index is -0.199. The number of rotatable bonds is 4. The number of pyridine rings is 1. The van der Waals surface area contributed by atoms with Gasteiger partial charge in [-0.15, -0.1) is 0 Å². The first-order chi connectivity index (χ1) is 9.11. The lowest BCUT2D eigenvalue weighted by molar-refractivity contribution is 0.0950. The molecule has 6 nitrogen and oxygen atoms in total. The standard InChI is InChI=1S/C13H15N3O3/c1-8-11(9(2)19-16-8)7-15-13(17)10-4-5-12(18-3)14-6-10/h4-6H,7H2,1-3H3,(H,15,17). The van der Waals surface area contributed by atoms with Crippen LogP contribution in [0.3, 0.4) is 0 Å². The normalized spacial score (nSPS) is 10.3. The summed E-state index contributed by atoms with van der Waals surface area (Å²) in [7, 11) is 1.53. The van der Waals surface area contributed by atoms with E-state index in [2.05, 4.69) is 15.5 Å². The van der Waals surface area contributed by atoms with Gasteiger partial charge in [-0.05, 0) is 19.9 Å². The van der Waals surface area contributed by atoms with E-state index < -0.39 is 0 Å². The van der Waals surface area contributed by atoms with Gasteiger partial charge in [-0.25, -0.2) is 4.98 Å². The Morgan fingerprint density at radius 1 is 1.42 bits per heavy atom. The SMILES string of the molecule is COc1ccc(C(=O)NCc2c(C)noc2C)cn1. The second kappa shape index (κ2) is 5.51. The van der Waals surface area contributed by atoms with Crippen LogP contribution in [0.1, 0.15) is 27.4 Å². The quantitative estimate of drug-likeness (QED) is 0.905. The number of hydrogen-bond donors (Lipinski definition) is 1. The second-order valence-electron chi connectivity index (χ2n) is 4.07. The van der Waals surface area contributed by atoms with E-state index in [4.69, 9.17) is 9.26 Å². The zero-order chi connectivity index (χ0) is 13.8. The monoisotopic (exact) mass is 261 g/mol. The summed E-state index contributed by atoms with van der Waals surface area (Å²) in [5.74, 6) is 0.989. The third kappa shape index (κ3) is 2.90. The van der Waals surface area contributed by atoms with Gasteiger partial charge in [0, 0.05) is 24.4 Å². The van der Waals surface area contributed by atoms with E-state index in [-0.39, 0.29) is 5.91 Å². The molecule has 0 radical (unpaired) electrons. The summed E-state index contributed by atoms with van der Waals surface area (Å²) in [6.45, 7) is 4.04. The van der Waals surface area contributed by atoms with Crippen LogP contribution >= 0.6 is 0 Å². The molecule has 0 saturated heterocycles. The maximum absolute atomic E-state index is 11.9. The summed E-state index contributed by atoms with van der Waals surface area (Å²) in [5, 5.41) is 6.64. The van der Waals surface area contributed by atoms with Crippen molar-refractivity contribution in [3.8, 4) is 5.88 Å². The van der Waals surface area contributed by atoms with Gasteiger partial charge >= 0.3 is 0 Å². The van der Waals surface area contributed by atoms with Crippen LogP contribution in [0, 0.1) is 13.8 Å². The van der Waals surface area contributed by atoms with Crippen molar-refractivity contribution in [1.29, 1.82) is 0 Å². The average molecular weight is 261 g/mol. The molecule has 2 rings (SSSR count). The van der Waals surface area contributed by atoms with Crippen LogP contribution in [0.5, 0.6) is 5.88 Å². The molecule has 1 N–H and O–H groups in total. The zero-order valence-electron chi connectivity index (χ0n) is 11.1. The lowest BCUT2D eigenvalue weighted by atomic mass is 10.2. The van der Waals surface area contributed by atoms with Gasteiger partial charge in [-0.2, -0.15) is 0 Å². The maximum Gasteiger partial charge on any atom is 0.253 e. The highest BCUT2D eigenvalue weighted by Crippen LogP contribution is 2.12. The summed E-state index contributed by atoms with van der Waals surface area (Å²) in [6.07, 6.45) is 1.47. The molecular formula is C13H15N3O3. The number of carbonyl (C=O) groups excluding carboxylic acids is 1. The van der Waals surface area contributed by atoms with Crippen molar-refractivity contribution in [3.63, 3.8) is 0 Å². The largest absolute Gasteiger partial charge is 0.481 e. The molecule has 0 spiro atoms. The fourth-order valence-electron chi connectivity index (χ4n) is 1.66.